The van der Waals surface area contributed by atoms with Crippen molar-refractivity contribution in [3.8, 4) is 52.9 Å². The number of pyridine rings is 1. The molecule has 0 atom stereocenters. The highest BCUT2D eigenvalue weighted by atomic mass is 35.5. The third kappa shape index (κ3) is 21.2. The average Bonchev–Trinajstić information content (AvgIpc) is 0.845. The van der Waals surface area contributed by atoms with Gasteiger partial charge in [-0.25, -0.2) is 48.7 Å². The predicted molar refractivity (Wildman–Crippen MR) is 381 cm³/mol. The molecule has 27 heteroatoms. The molecule has 508 valence electrons. The highest BCUT2D eigenvalue weighted by Crippen LogP contribution is 2.32. The Morgan fingerprint density at radius 2 is 0.990 bits per heavy atom. The van der Waals surface area contributed by atoms with Crippen molar-refractivity contribution in [2.24, 2.45) is 0 Å². The van der Waals surface area contributed by atoms with Crippen molar-refractivity contribution in [2.45, 2.75) is 6.92 Å². The van der Waals surface area contributed by atoms with Crippen LogP contribution in [0.2, 0.25) is 5.02 Å². The van der Waals surface area contributed by atoms with Crippen LogP contribution in [-0.4, -0.2) is 96.8 Å². The SMILES string of the molecule is C#Cc1ccc(F)c(C(=O)Nc2cc(F)cc(Oc3cncnc3)c2)c1.COc1cccc(C(=O)Nc2cccc(N(C)c3cncnc3)c2)c1.COc1ccnc(C(=O)Nc2cc(C#N)cc(Oc3cncnc3)c2)c1.Cc1cccc(C(=O)Nc2cc(Cl)cc(N(C)c3cncnc3)c2)c1. The molecule has 0 aliphatic heterocycles. The zero-order chi connectivity index (χ0) is 72.3. The minimum atomic E-state index is -0.765. The molecule has 0 spiro atoms. The number of hydrogen-bond donors (Lipinski definition) is 4. The summed E-state index contributed by atoms with van der Waals surface area (Å²) in [5, 5.41) is 20.6. The Morgan fingerprint density at radius 3 is 1.60 bits per heavy atom. The lowest BCUT2D eigenvalue weighted by Crippen LogP contribution is -2.14. The number of aromatic nitrogens is 9. The maximum Gasteiger partial charge on any atom is 0.274 e. The van der Waals surface area contributed by atoms with Gasteiger partial charge in [0, 0.05) is 100 Å². The Labute approximate surface area is 588 Å². The van der Waals surface area contributed by atoms with Crippen LogP contribution in [0.5, 0.6) is 34.5 Å². The molecule has 12 aromatic rings. The van der Waals surface area contributed by atoms with E-state index >= 15 is 0 Å². The molecule has 24 nitrogen and oxygen atoms in total. The van der Waals surface area contributed by atoms with Crippen LogP contribution in [0.25, 0.3) is 0 Å². The molecule has 5 aromatic heterocycles. The van der Waals surface area contributed by atoms with Gasteiger partial charge in [0.15, 0.2) is 11.5 Å². The van der Waals surface area contributed by atoms with Crippen molar-refractivity contribution in [3.63, 3.8) is 0 Å². The van der Waals surface area contributed by atoms with E-state index in [1.54, 1.807) is 86.5 Å². The van der Waals surface area contributed by atoms with Crippen molar-refractivity contribution in [1.82, 2.24) is 44.9 Å². The standard InChI is InChI=1S/C19H17ClN4O.C19H11F2N3O2.C19H18N4O2.C18H13N5O3/c1-13-4-3-5-14(6-13)19(25)23-16-7-15(20)8-17(9-16)24(2)18-10-21-12-22-11-18;1-2-12-3-4-18(21)17(5-12)19(25)24-14-6-13(20)7-15(8-14)26-16-9-22-11-23-10-16;1-23(17-11-20-13-21-12-17)16-7-4-6-15(10-16)22-19(24)14-5-3-8-18(9-14)25-2;1-25-14-2-3-22-17(7-14)18(24)23-13-4-12(8-19)5-15(6-13)26-16-9-20-11-21-10-16/h3-12H,1-2H3,(H,23,25);1,3-11H,(H,24,25);3-13H,1-2H3,(H,22,24);2-7,9-11H,1H3,(H,23,24). The zero-order valence-electron chi connectivity index (χ0n) is 54.9. The summed E-state index contributed by atoms with van der Waals surface area (Å²) in [4.78, 5) is 88.8. The molecule has 4 N–H and O–H groups in total. The van der Waals surface area contributed by atoms with E-state index < -0.39 is 23.4 Å². The van der Waals surface area contributed by atoms with E-state index in [0.29, 0.717) is 73.1 Å². The molecule has 0 aliphatic rings. The summed E-state index contributed by atoms with van der Waals surface area (Å²) < 4.78 is 49.0. The Balaban J connectivity index is 0.000000158. The summed E-state index contributed by atoms with van der Waals surface area (Å²) in [5.74, 6) is 1.72. The third-order valence-corrected chi connectivity index (χ3v) is 14.3. The van der Waals surface area contributed by atoms with Crippen LogP contribution in [0.1, 0.15) is 58.3 Å². The fourth-order valence-electron chi connectivity index (χ4n) is 9.10. The highest BCUT2D eigenvalue weighted by Gasteiger charge is 2.17. The van der Waals surface area contributed by atoms with Crippen LogP contribution in [-0.2, 0) is 0 Å². The van der Waals surface area contributed by atoms with Gasteiger partial charge in [-0.2, -0.15) is 5.26 Å². The Hall–Kier alpha value is -14.1. The van der Waals surface area contributed by atoms with Gasteiger partial charge >= 0.3 is 0 Å². The Morgan fingerprint density at radius 1 is 0.471 bits per heavy atom. The van der Waals surface area contributed by atoms with Crippen LogP contribution in [0.15, 0.2) is 239 Å². The van der Waals surface area contributed by atoms with Crippen molar-refractivity contribution in [3.05, 3.63) is 295 Å². The average molecular weight is 1390 g/mol. The number of carbonyl (C=O) groups is 4. The summed E-state index contributed by atoms with van der Waals surface area (Å²) in [7, 11) is 6.88. The fourth-order valence-corrected chi connectivity index (χ4v) is 9.33. The minimum absolute atomic E-state index is 0.0901. The maximum atomic E-state index is 13.9. The van der Waals surface area contributed by atoms with Crippen LogP contribution in [0, 0.1) is 42.2 Å². The predicted octanol–water partition coefficient (Wildman–Crippen LogP) is 14.5. The monoisotopic (exact) mass is 1380 g/mol. The number of benzene rings is 7. The van der Waals surface area contributed by atoms with E-state index in [2.05, 4.69) is 72.0 Å². The summed E-state index contributed by atoms with van der Waals surface area (Å²) in [6, 6.07) is 44.6. The Bertz CT molecular complexity index is 4990. The molecule has 102 heavy (non-hydrogen) atoms. The molecule has 0 saturated carbocycles. The molecule has 0 aliphatic carbocycles. The summed E-state index contributed by atoms with van der Waals surface area (Å²) in [5.41, 5.74) is 8.01. The van der Waals surface area contributed by atoms with Crippen molar-refractivity contribution in [2.75, 3.05) is 59.4 Å². The minimum Gasteiger partial charge on any atom is -0.497 e. The number of amides is 4. The number of ether oxygens (including phenoxy) is 4. The molecule has 0 fully saturated rings. The maximum absolute atomic E-state index is 13.9. The van der Waals surface area contributed by atoms with Gasteiger partial charge < -0.3 is 50.0 Å². The lowest BCUT2D eigenvalue weighted by Gasteiger charge is -2.20. The Kier molecular flexibility index (Phi) is 25.3. The summed E-state index contributed by atoms with van der Waals surface area (Å²) in [6.45, 7) is 1.95. The highest BCUT2D eigenvalue weighted by molar-refractivity contribution is 6.31. The smallest absolute Gasteiger partial charge is 0.274 e. The van der Waals surface area contributed by atoms with Gasteiger partial charge in [0.1, 0.15) is 65.6 Å². The van der Waals surface area contributed by atoms with E-state index in [1.165, 1.54) is 93.7 Å². The first-order valence-electron chi connectivity index (χ1n) is 30.2. The van der Waals surface area contributed by atoms with Gasteiger partial charge in [-0.3, -0.25) is 24.2 Å². The summed E-state index contributed by atoms with van der Waals surface area (Å²) >= 11 is 6.23. The number of terminal acetylenes is 1. The number of methoxy groups -OCH3 is 2. The third-order valence-electron chi connectivity index (χ3n) is 14.0. The molecule has 0 radical (unpaired) electrons. The molecule has 7 aromatic carbocycles. The lowest BCUT2D eigenvalue weighted by atomic mass is 10.1. The van der Waals surface area contributed by atoms with Gasteiger partial charge in [0.25, 0.3) is 23.6 Å². The van der Waals surface area contributed by atoms with Crippen LogP contribution >= 0.6 is 11.6 Å². The van der Waals surface area contributed by atoms with Gasteiger partial charge in [0.05, 0.1) is 92.4 Å². The lowest BCUT2D eigenvalue weighted by molar-refractivity contribution is 0.101. The zero-order valence-corrected chi connectivity index (χ0v) is 55.6. The van der Waals surface area contributed by atoms with Crippen molar-refractivity contribution in [1.29, 1.82) is 5.26 Å². The largest absolute Gasteiger partial charge is 0.497 e. The number of nitrogens with zero attached hydrogens (tertiary/aromatic N) is 12. The quantitative estimate of drug-likeness (QED) is 0.0580. The molecular weight excluding hydrogens is 1330 g/mol. The number of hydrogen-bond acceptors (Lipinski definition) is 20. The first-order chi connectivity index (χ1) is 49.4. The number of nitrogens with one attached hydrogen (secondary N) is 4. The van der Waals surface area contributed by atoms with Gasteiger partial charge in [0.2, 0.25) is 0 Å². The number of aryl methyl sites for hydroxylation is 1. The molecule has 12 rings (SSSR count). The number of halogens is 3. The number of carbonyl (C=O) groups excluding carboxylic acids is 4. The number of rotatable bonds is 18. The number of nitriles is 1. The second-order valence-electron chi connectivity index (χ2n) is 21.3. The second kappa shape index (κ2) is 35.8. The molecular formula is C75H59ClF2N16O8. The molecule has 0 unspecified atom stereocenters. The molecule has 0 bridgehead atoms. The topological polar surface area (TPSA) is 300 Å². The van der Waals surface area contributed by atoms with E-state index in [-0.39, 0.29) is 34.5 Å². The van der Waals surface area contributed by atoms with E-state index in [4.69, 9.17) is 37.0 Å². The summed E-state index contributed by atoms with van der Waals surface area (Å²) in [6.07, 6.45) is 25.1. The van der Waals surface area contributed by atoms with Crippen LogP contribution in [0.4, 0.5) is 54.3 Å². The number of anilines is 8. The normalized spacial score (nSPS) is 10.1. The van der Waals surface area contributed by atoms with Crippen molar-refractivity contribution >= 4 is 80.7 Å². The molecule has 4 amide bonds. The van der Waals surface area contributed by atoms with Gasteiger partial charge in [-0.15, -0.1) is 6.42 Å². The van der Waals surface area contributed by atoms with Gasteiger partial charge in [-0.1, -0.05) is 47.4 Å². The molecule has 0 saturated heterocycles. The first-order valence-corrected chi connectivity index (χ1v) is 30.6. The van der Waals surface area contributed by atoms with Crippen LogP contribution < -0.4 is 50.0 Å². The van der Waals surface area contributed by atoms with Gasteiger partial charge in [-0.05, 0) is 116 Å². The molecule has 5 heterocycles. The second-order valence-corrected chi connectivity index (χ2v) is 21.7. The van der Waals surface area contributed by atoms with E-state index in [1.807, 2.05) is 91.5 Å². The fraction of sp³-hybridized carbons (Fsp3) is 0.0667. The van der Waals surface area contributed by atoms with E-state index in [9.17, 15) is 33.2 Å². The van der Waals surface area contributed by atoms with Crippen LogP contribution in [0.3, 0.4) is 0 Å². The first kappa shape index (κ1) is 72.2. The van der Waals surface area contributed by atoms with E-state index in [0.717, 1.165) is 46.5 Å². The van der Waals surface area contributed by atoms with Crippen molar-refractivity contribution < 1.29 is 46.9 Å².